The number of nitrogens with two attached hydrogens (primary N) is 1. The van der Waals surface area contributed by atoms with Crippen LogP contribution < -0.4 is 11.1 Å². The highest BCUT2D eigenvalue weighted by Crippen LogP contribution is 2.40. The van der Waals surface area contributed by atoms with Crippen LogP contribution in [0.2, 0.25) is 0 Å². The van der Waals surface area contributed by atoms with Crippen LogP contribution in [-0.4, -0.2) is 73.4 Å². The fourth-order valence-electron chi connectivity index (χ4n) is 5.47. The molecule has 37 heavy (non-hydrogen) atoms. The molecule has 0 aromatic heterocycles. The molecule has 1 saturated carbocycles. The Kier molecular flexibility index (Phi) is 7.99. The lowest BCUT2D eigenvalue weighted by Gasteiger charge is -2.37. The number of hydrogen-bond acceptors (Lipinski definition) is 7. The lowest BCUT2D eigenvalue weighted by atomic mass is 9.83. The minimum Gasteiger partial charge on any atom is -0.508 e. The van der Waals surface area contributed by atoms with Crippen LogP contribution in [-0.2, 0) is 27.2 Å². The Labute approximate surface area is 214 Å². The summed E-state index contributed by atoms with van der Waals surface area (Å²) in [5, 5.41) is 42.6. The molecule has 2 aromatic rings. The molecule has 6 atom stereocenters. The van der Waals surface area contributed by atoms with E-state index in [4.69, 9.17) is 5.73 Å². The quantitative estimate of drug-likeness (QED) is 0.296. The van der Waals surface area contributed by atoms with Gasteiger partial charge in [-0.25, -0.2) is 0 Å². The van der Waals surface area contributed by atoms with E-state index in [1.165, 1.54) is 29.2 Å². The number of aliphatic hydroxyl groups excluding tert-OH is 2. The molecule has 2 aliphatic rings. The highest BCUT2D eigenvalue weighted by molar-refractivity contribution is 5.93. The molecule has 0 bridgehead atoms. The zero-order valence-corrected chi connectivity index (χ0v) is 20.4. The zero-order chi connectivity index (χ0) is 26.7. The third-order valence-corrected chi connectivity index (χ3v) is 7.39. The maximum atomic E-state index is 13.9. The number of benzene rings is 2. The standard InChI is InChI=1S/C27H33N3O7/c28-25(35)23-13-17-5-10-20(33)14-22(17)30(23)27(37)21(11-15-1-6-18(31)7-2-15)29-26(36)24(34)12-16-3-8-19(32)9-4-16/h1-4,6-9,17,20-24,31-34H,5,10-14H2,(H2,28,35)(H,29,36)/t17?,20-,21+,22?,23-,24?/m0/s1. The number of aromatic hydroxyl groups is 2. The molecular formula is C27H33N3O7. The number of aliphatic hydroxyl groups is 2. The first kappa shape index (κ1) is 26.4. The SMILES string of the molecule is NC(=O)[C@@H]1CC2CC[C@H](O)CC2N1C(=O)[C@@H](Cc1ccc(O)cc1)NC(=O)C(O)Cc1ccc(O)cc1. The van der Waals surface area contributed by atoms with E-state index >= 15 is 0 Å². The number of primary amides is 1. The number of carbonyl (C=O) groups excluding carboxylic acids is 3. The fraction of sp³-hybridized carbons (Fsp3) is 0.444. The number of hydrogen-bond donors (Lipinski definition) is 6. The van der Waals surface area contributed by atoms with Crippen molar-refractivity contribution in [3.05, 3.63) is 59.7 Å². The fourth-order valence-corrected chi connectivity index (χ4v) is 5.47. The molecule has 2 fully saturated rings. The molecule has 7 N–H and O–H groups in total. The van der Waals surface area contributed by atoms with Gasteiger partial charge in [-0.3, -0.25) is 14.4 Å². The van der Waals surface area contributed by atoms with Gasteiger partial charge in [-0.15, -0.1) is 0 Å². The third kappa shape index (κ3) is 6.20. The van der Waals surface area contributed by atoms with Crippen molar-refractivity contribution >= 4 is 17.7 Å². The van der Waals surface area contributed by atoms with Gasteiger partial charge in [-0.2, -0.15) is 0 Å². The molecule has 3 unspecified atom stereocenters. The molecular weight excluding hydrogens is 478 g/mol. The summed E-state index contributed by atoms with van der Waals surface area (Å²) in [6.07, 6.45) is -0.0540. The van der Waals surface area contributed by atoms with Crippen LogP contribution in [0.1, 0.15) is 36.8 Å². The van der Waals surface area contributed by atoms with Crippen molar-refractivity contribution in [3.63, 3.8) is 0 Å². The van der Waals surface area contributed by atoms with Gasteiger partial charge in [-0.05, 0) is 67.0 Å². The van der Waals surface area contributed by atoms with E-state index in [1.807, 2.05) is 0 Å². The van der Waals surface area contributed by atoms with Crippen molar-refractivity contribution in [2.75, 3.05) is 0 Å². The Morgan fingerprint density at radius 3 is 2.05 bits per heavy atom. The first-order valence-electron chi connectivity index (χ1n) is 12.5. The third-order valence-electron chi connectivity index (χ3n) is 7.39. The molecule has 10 heteroatoms. The summed E-state index contributed by atoms with van der Waals surface area (Å²) >= 11 is 0. The largest absolute Gasteiger partial charge is 0.508 e. The van der Waals surface area contributed by atoms with Crippen LogP contribution in [0.3, 0.4) is 0 Å². The van der Waals surface area contributed by atoms with Crippen molar-refractivity contribution in [2.45, 2.75) is 68.9 Å². The first-order valence-corrected chi connectivity index (χ1v) is 12.5. The van der Waals surface area contributed by atoms with Crippen LogP contribution in [0.5, 0.6) is 11.5 Å². The second kappa shape index (κ2) is 11.2. The first-order chi connectivity index (χ1) is 17.6. The van der Waals surface area contributed by atoms with Gasteiger partial charge in [0.2, 0.25) is 17.7 Å². The van der Waals surface area contributed by atoms with Gasteiger partial charge in [0.1, 0.15) is 29.7 Å². The Morgan fingerprint density at radius 1 is 0.919 bits per heavy atom. The number of fused-ring (bicyclic) bond motifs is 1. The van der Waals surface area contributed by atoms with Gasteiger partial charge >= 0.3 is 0 Å². The van der Waals surface area contributed by atoms with Crippen molar-refractivity contribution < 1.29 is 34.8 Å². The number of nitrogens with zero attached hydrogens (tertiary/aromatic N) is 1. The van der Waals surface area contributed by atoms with Crippen LogP contribution in [0.25, 0.3) is 0 Å². The smallest absolute Gasteiger partial charge is 0.249 e. The Bertz CT molecular complexity index is 1120. The van der Waals surface area contributed by atoms with Crippen molar-refractivity contribution in [2.24, 2.45) is 11.7 Å². The maximum absolute atomic E-state index is 13.9. The average Bonchev–Trinajstić information content (AvgIpc) is 3.24. The average molecular weight is 512 g/mol. The minimum absolute atomic E-state index is 0.0231. The maximum Gasteiger partial charge on any atom is 0.249 e. The van der Waals surface area contributed by atoms with Crippen LogP contribution in [0.4, 0.5) is 0 Å². The van der Waals surface area contributed by atoms with E-state index in [1.54, 1.807) is 24.3 Å². The second-order valence-corrected chi connectivity index (χ2v) is 10.0. The monoisotopic (exact) mass is 511 g/mol. The predicted molar refractivity (Wildman–Crippen MR) is 133 cm³/mol. The zero-order valence-electron chi connectivity index (χ0n) is 20.4. The number of likely N-dealkylation sites (tertiary alicyclic amines) is 1. The topological polar surface area (TPSA) is 173 Å². The molecule has 3 amide bonds. The molecule has 2 aromatic carbocycles. The van der Waals surface area contributed by atoms with E-state index < -0.39 is 42.0 Å². The number of nitrogens with one attached hydrogen (secondary N) is 1. The summed E-state index contributed by atoms with van der Waals surface area (Å²) in [5.41, 5.74) is 6.93. The molecule has 1 saturated heterocycles. The molecule has 10 nitrogen and oxygen atoms in total. The highest BCUT2D eigenvalue weighted by Gasteiger charge is 2.49. The molecule has 1 aliphatic heterocycles. The second-order valence-electron chi connectivity index (χ2n) is 10.0. The van der Waals surface area contributed by atoms with E-state index in [0.29, 0.717) is 36.8 Å². The number of phenolic OH excluding ortho intramolecular Hbond substituents is 2. The van der Waals surface area contributed by atoms with Crippen molar-refractivity contribution in [1.82, 2.24) is 10.2 Å². The Balaban J connectivity index is 1.57. The minimum atomic E-state index is -1.46. The summed E-state index contributed by atoms with van der Waals surface area (Å²) in [5.74, 6) is -1.78. The highest BCUT2D eigenvalue weighted by atomic mass is 16.3. The summed E-state index contributed by atoms with van der Waals surface area (Å²) in [4.78, 5) is 40.6. The van der Waals surface area contributed by atoms with Gasteiger partial charge < -0.3 is 36.4 Å². The molecule has 198 valence electrons. The summed E-state index contributed by atoms with van der Waals surface area (Å²) < 4.78 is 0. The molecule has 1 aliphatic carbocycles. The van der Waals surface area contributed by atoms with E-state index in [9.17, 15) is 34.8 Å². The van der Waals surface area contributed by atoms with Crippen molar-refractivity contribution in [1.29, 1.82) is 0 Å². The van der Waals surface area contributed by atoms with Gasteiger partial charge in [0.25, 0.3) is 0 Å². The predicted octanol–water partition coefficient (Wildman–Crippen LogP) is 0.345. The molecule has 0 radical (unpaired) electrons. The Hall–Kier alpha value is -3.63. The van der Waals surface area contributed by atoms with Crippen LogP contribution in [0, 0.1) is 5.92 Å². The van der Waals surface area contributed by atoms with Gasteiger partial charge in [-0.1, -0.05) is 24.3 Å². The number of amides is 3. The van der Waals surface area contributed by atoms with Crippen LogP contribution >= 0.6 is 0 Å². The number of rotatable bonds is 8. The molecule has 1 heterocycles. The van der Waals surface area contributed by atoms with E-state index in [-0.39, 0.29) is 36.3 Å². The molecule has 0 spiro atoms. The summed E-state index contributed by atoms with van der Waals surface area (Å²) in [6, 6.07) is 9.89. The van der Waals surface area contributed by atoms with Crippen LogP contribution in [0.15, 0.2) is 48.5 Å². The number of carbonyl (C=O) groups is 3. The summed E-state index contributed by atoms with van der Waals surface area (Å²) in [7, 11) is 0. The van der Waals surface area contributed by atoms with Crippen molar-refractivity contribution in [3.8, 4) is 11.5 Å². The van der Waals surface area contributed by atoms with Gasteiger partial charge in [0, 0.05) is 18.9 Å². The lowest BCUT2D eigenvalue weighted by Crippen LogP contribution is -2.58. The van der Waals surface area contributed by atoms with E-state index in [2.05, 4.69) is 5.32 Å². The summed E-state index contributed by atoms with van der Waals surface area (Å²) in [6.45, 7) is 0. The normalized spacial score (nSPS) is 24.6. The Morgan fingerprint density at radius 2 is 1.49 bits per heavy atom. The van der Waals surface area contributed by atoms with E-state index in [0.717, 1.165) is 0 Å². The molecule has 4 rings (SSSR count). The van der Waals surface area contributed by atoms with Gasteiger partial charge in [0.15, 0.2) is 0 Å². The lowest BCUT2D eigenvalue weighted by molar-refractivity contribution is -0.144. The number of phenols is 2. The van der Waals surface area contributed by atoms with Gasteiger partial charge in [0.05, 0.1) is 6.10 Å².